The highest BCUT2D eigenvalue weighted by atomic mass is 16.7. The summed E-state index contributed by atoms with van der Waals surface area (Å²) in [4.78, 5) is 37.0. The Morgan fingerprint density at radius 3 is 1.36 bits per heavy atom. The van der Waals surface area contributed by atoms with E-state index >= 15 is 0 Å². The van der Waals surface area contributed by atoms with Crippen LogP contribution in [0.25, 0.3) is 0 Å². The van der Waals surface area contributed by atoms with Crippen LogP contribution in [0.4, 0.5) is 0 Å². The Morgan fingerprint density at radius 1 is 0.485 bits per heavy atom. The lowest BCUT2D eigenvalue weighted by molar-refractivity contribution is -0.298. The van der Waals surface area contributed by atoms with E-state index in [1.165, 1.54) is 103 Å². The first-order valence-corrected chi connectivity index (χ1v) is 26.3. The Bertz CT molecular complexity index is 1320. The van der Waals surface area contributed by atoms with Gasteiger partial charge >= 0.3 is 17.9 Å². The quantitative estimate of drug-likeness (QED) is 0.0261. The average Bonchev–Trinajstić information content (AvgIpc) is 3.30. The standard InChI is InChI=1S/C55H94O11/c1-3-5-7-9-11-13-15-17-19-21-22-23-24-25-26-28-29-31-33-35-37-39-41-43-48(56)63-45-47(46-64-55-52(60)50(58)51(59)53(66-55)54(61)62)65-49(57)44-42-40-38-36-34-32-30-27-20-18-16-14-12-10-8-6-4-2/h5,7,11,13,17-20,22-23,47,50-53,55,58-60H,3-4,6,8-10,12,14-16,21,24-46H2,1-2H3,(H,61,62)/b7-5-,13-11-,19-17-,20-18-,23-22-. The molecule has 6 unspecified atom stereocenters. The molecule has 0 amide bonds. The molecule has 0 aliphatic carbocycles. The number of unbranched alkanes of at least 4 members (excludes halogenated alkanes) is 23. The van der Waals surface area contributed by atoms with E-state index in [9.17, 15) is 34.8 Å². The number of allylic oxidation sites excluding steroid dienone is 10. The maximum atomic E-state index is 12.8. The summed E-state index contributed by atoms with van der Waals surface area (Å²) in [7, 11) is 0. The van der Waals surface area contributed by atoms with Crippen LogP contribution in [-0.2, 0) is 33.3 Å². The van der Waals surface area contributed by atoms with Gasteiger partial charge in [-0.1, -0.05) is 190 Å². The number of aliphatic hydroxyl groups is 3. The molecule has 6 atom stereocenters. The molecule has 0 aromatic rings. The molecule has 1 heterocycles. The maximum absolute atomic E-state index is 12.8. The summed E-state index contributed by atoms with van der Waals surface area (Å²) in [6.07, 6.45) is 46.9. The van der Waals surface area contributed by atoms with Crippen molar-refractivity contribution in [1.82, 2.24) is 0 Å². The first-order chi connectivity index (χ1) is 32.2. The van der Waals surface area contributed by atoms with Gasteiger partial charge in [-0.05, 0) is 77.0 Å². The number of carboxylic acid groups (broad SMARTS) is 1. The van der Waals surface area contributed by atoms with E-state index in [1.807, 2.05) is 0 Å². The number of rotatable bonds is 44. The van der Waals surface area contributed by atoms with Crippen molar-refractivity contribution in [1.29, 1.82) is 0 Å². The zero-order valence-electron chi connectivity index (χ0n) is 41.4. The van der Waals surface area contributed by atoms with Crippen LogP contribution in [0, 0.1) is 0 Å². The Labute approximate surface area is 400 Å². The fraction of sp³-hybridized carbons (Fsp3) is 0.764. The van der Waals surface area contributed by atoms with Gasteiger partial charge in [-0.2, -0.15) is 0 Å². The molecule has 1 aliphatic heterocycles. The molecule has 1 saturated heterocycles. The summed E-state index contributed by atoms with van der Waals surface area (Å²) in [5, 5.41) is 40.0. The van der Waals surface area contributed by atoms with E-state index in [-0.39, 0.29) is 19.4 Å². The van der Waals surface area contributed by atoms with Crippen LogP contribution < -0.4 is 0 Å². The molecular weight excluding hydrogens is 837 g/mol. The van der Waals surface area contributed by atoms with Crippen LogP contribution >= 0.6 is 0 Å². The van der Waals surface area contributed by atoms with E-state index in [2.05, 4.69) is 74.6 Å². The molecule has 0 spiro atoms. The Kier molecular flexibility index (Phi) is 41.0. The van der Waals surface area contributed by atoms with Gasteiger partial charge in [-0.3, -0.25) is 9.59 Å². The number of esters is 2. The predicted octanol–water partition coefficient (Wildman–Crippen LogP) is 12.7. The van der Waals surface area contributed by atoms with Gasteiger partial charge in [0.15, 0.2) is 18.5 Å². The van der Waals surface area contributed by atoms with Crippen molar-refractivity contribution in [3.05, 3.63) is 60.8 Å². The van der Waals surface area contributed by atoms with Gasteiger partial charge in [-0.25, -0.2) is 4.79 Å². The number of ether oxygens (including phenoxy) is 4. The highest BCUT2D eigenvalue weighted by Gasteiger charge is 2.47. The molecule has 66 heavy (non-hydrogen) atoms. The lowest BCUT2D eigenvalue weighted by Crippen LogP contribution is -2.60. The molecule has 0 aromatic heterocycles. The number of carbonyl (C=O) groups is 3. The zero-order chi connectivity index (χ0) is 48.1. The van der Waals surface area contributed by atoms with Gasteiger partial charge in [-0.15, -0.1) is 0 Å². The topological polar surface area (TPSA) is 169 Å². The molecule has 1 rings (SSSR count). The van der Waals surface area contributed by atoms with Crippen molar-refractivity contribution >= 4 is 17.9 Å². The van der Waals surface area contributed by atoms with Crippen molar-refractivity contribution in [2.75, 3.05) is 13.2 Å². The van der Waals surface area contributed by atoms with Crippen LogP contribution in [-0.4, -0.2) is 88.4 Å². The average molecular weight is 931 g/mol. The number of carbonyl (C=O) groups excluding carboxylic acids is 2. The predicted molar refractivity (Wildman–Crippen MR) is 266 cm³/mol. The third-order valence-corrected chi connectivity index (χ3v) is 11.9. The normalized spacial score (nSPS) is 19.6. The van der Waals surface area contributed by atoms with Gasteiger partial charge in [0.05, 0.1) is 6.61 Å². The Balaban J connectivity index is 2.28. The summed E-state index contributed by atoms with van der Waals surface area (Å²) in [6.45, 7) is 3.71. The Hall–Kier alpha value is -3.09. The van der Waals surface area contributed by atoms with Gasteiger partial charge in [0, 0.05) is 12.8 Å². The molecule has 0 bridgehead atoms. The van der Waals surface area contributed by atoms with Crippen LogP contribution in [0.15, 0.2) is 60.8 Å². The molecule has 11 nitrogen and oxygen atoms in total. The lowest BCUT2D eigenvalue weighted by Gasteiger charge is -2.38. The van der Waals surface area contributed by atoms with E-state index in [0.717, 1.165) is 77.0 Å². The maximum Gasteiger partial charge on any atom is 0.335 e. The fourth-order valence-electron chi connectivity index (χ4n) is 7.75. The van der Waals surface area contributed by atoms with E-state index in [0.29, 0.717) is 12.8 Å². The number of carboxylic acids is 1. The fourth-order valence-corrected chi connectivity index (χ4v) is 7.75. The molecule has 0 saturated carbocycles. The molecule has 4 N–H and O–H groups in total. The summed E-state index contributed by atoms with van der Waals surface area (Å²) in [5.74, 6) is -2.45. The van der Waals surface area contributed by atoms with Crippen LogP contribution in [0.2, 0.25) is 0 Å². The molecule has 1 fully saturated rings. The van der Waals surface area contributed by atoms with Crippen LogP contribution in [0.5, 0.6) is 0 Å². The van der Waals surface area contributed by atoms with Crippen molar-refractivity contribution in [2.45, 2.75) is 256 Å². The highest BCUT2D eigenvalue weighted by Crippen LogP contribution is 2.23. The van der Waals surface area contributed by atoms with Crippen molar-refractivity contribution in [3.63, 3.8) is 0 Å². The summed E-state index contributed by atoms with van der Waals surface area (Å²) in [5.41, 5.74) is 0. The molecule has 0 radical (unpaired) electrons. The van der Waals surface area contributed by atoms with E-state index < -0.39 is 61.3 Å². The minimum Gasteiger partial charge on any atom is -0.479 e. The largest absolute Gasteiger partial charge is 0.479 e. The van der Waals surface area contributed by atoms with Crippen molar-refractivity contribution in [3.8, 4) is 0 Å². The second-order valence-corrected chi connectivity index (χ2v) is 18.0. The number of aliphatic hydroxyl groups excluding tert-OH is 3. The summed E-state index contributed by atoms with van der Waals surface area (Å²) in [6, 6.07) is 0. The van der Waals surface area contributed by atoms with Crippen LogP contribution in [0.3, 0.4) is 0 Å². The minimum atomic E-state index is -1.86. The number of aliphatic carboxylic acids is 1. The lowest BCUT2D eigenvalue weighted by atomic mass is 9.99. The summed E-state index contributed by atoms with van der Waals surface area (Å²) >= 11 is 0. The monoisotopic (exact) mass is 931 g/mol. The second kappa shape index (κ2) is 44.4. The van der Waals surface area contributed by atoms with Gasteiger partial charge in [0.1, 0.15) is 24.9 Å². The first-order valence-electron chi connectivity index (χ1n) is 26.3. The molecule has 0 aromatic carbocycles. The van der Waals surface area contributed by atoms with Gasteiger partial charge in [0.25, 0.3) is 0 Å². The molecular formula is C55H94O11. The number of hydrogen-bond acceptors (Lipinski definition) is 10. The highest BCUT2D eigenvalue weighted by molar-refractivity contribution is 5.73. The molecule has 1 aliphatic rings. The molecule has 380 valence electrons. The van der Waals surface area contributed by atoms with Crippen molar-refractivity contribution < 1.29 is 53.8 Å². The first kappa shape index (κ1) is 60.9. The Morgan fingerprint density at radius 2 is 0.894 bits per heavy atom. The molecule has 11 heteroatoms. The number of hydrogen-bond donors (Lipinski definition) is 4. The smallest absolute Gasteiger partial charge is 0.335 e. The summed E-state index contributed by atoms with van der Waals surface area (Å²) < 4.78 is 21.8. The van der Waals surface area contributed by atoms with Gasteiger partial charge < -0.3 is 39.4 Å². The van der Waals surface area contributed by atoms with E-state index in [1.54, 1.807) is 0 Å². The minimum absolute atomic E-state index is 0.176. The zero-order valence-corrected chi connectivity index (χ0v) is 41.4. The third kappa shape index (κ3) is 35.1. The third-order valence-electron chi connectivity index (χ3n) is 11.9. The SMILES string of the molecule is CC/C=C\C/C=C\C/C=C\C/C=C\CCCCCCCCCCCCC(=O)OCC(COC1OC(C(=O)O)C(O)C(O)C1O)OC(=O)CCCCCCCCC/C=C\CCCCCCCC. The van der Waals surface area contributed by atoms with Crippen molar-refractivity contribution in [2.24, 2.45) is 0 Å². The second-order valence-electron chi connectivity index (χ2n) is 18.0. The van der Waals surface area contributed by atoms with Gasteiger partial charge in [0.2, 0.25) is 0 Å². The van der Waals surface area contributed by atoms with Crippen LogP contribution in [0.1, 0.15) is 219 Å². The van der Waals surface area contributed by atoms with E-state index in [4.69, 9.17) is 18.9 Å².